The van der Waals surface area contributed by atoms with Crippen LogP contribution in [0.1, 0.15) is 30.7 Å². The second-order valence-corrected chi connectivity index (χ2v) is 6.95. The Kier molecular flexibility index (Phi) is 3.47. The fourth-order valence-electron chi connectivity index (χ4n) is 3.89. The molecule has 2 unspecified atom stereocenters. The number of carbonyl (C=O) groups excluding carboxylic acids is 1. The zero-order chi connectivity index (χ0) is 17.7. The highest BCUT2D eigenvalue weighted by atomic mass is 16.7. The van der Waals surface area contributed by atoms with Gasteiger partial charge in [-0.15, -0.1) is 0 Å². The summed E-state index contributed by atoms with van der Waals surface area (Å²) in [5, 5.41) is 11.6. The first-order valence-electron chi connectivity index (χ1n) is 8.30. The van der Waals surface area contributed by atoms with Crippen LogP contribution in [-0.2, 0) is 16.8 Å². The summed E-state index contributed by atoms with van der Waals surface area (Å²) in [5.74, 6) is 1.15. The normalized spacial score (nSPS) is 23.4. The molecular formula is C19H20N2O4. The molecule has 6 nitrogen and oxygen atoms in total. The number of benzene rings is 1. The Morgan fingerprint density at radius 2 is 2.12 bits per heavy atom. The van der Waals surface area contributed by atoms with Gasteiger partial charge in [0.25, 0.3) is 0 Å². The van der Waals surface area contributed by atoms with E-state index in [1.807, 2.05) is 32.1 Å². The molecule has 130 valence electrons. The molecule has 0 fully saturated rings. The summed E-state index contributed by atoms with van der Waals surface area (Å²) in [6, 6.07) is 3.80. The third kappa shape index (κ3) is 2.14. The molecule has 25 heavy (non-hydrogen) atoms. The number of nitrogens with one attached hydrogen (secondary N) is 1. The number of rotatable bonds is 4. The lowest BCUT2D eigenvalue weighted by molar-refractivity contribution is -0.140. The van der Waals surface area contributed by atoms with E-state index in [4.69, 9.17) is 9.47 Å². The predicted molar refractivity (Wildman–Crippen MR) is 91.1 cm³/mol. The number of hydrogen-bond donors (Lipinski definition) is 2. The van der Waals surface area contributed by atoms with E-state index in [-0.39, 0.29) is 12.7 Å². The Morgan fingerprint density at radius 1 is 1.36 bits per heavy atom. The molecule has 0 radical (unpaired) electrons. The van der Waals surface area contributed by atoms with E-state index in [9.17, 15) is 9.90 Å². The molecular weight excluding hydrogens is 320 g/mol. The minimum atomic E-state index is -1.43. The summed E-state index contributed by atoms with van der Waals surface area (Å²) in [5.41, 5.74) is -0.178. The molecule has 2 N–H and O–H groups in total. The van der Waals surface area contributed by atoms with Crippen LogP contribution in [0.2, 0.25) is 0 Å². The fraction of sp³-hybridized carbons (Fsp3) is 0.368. The van der Waals surface area contributed by atoms with Gasteiger partial charge >= 0.3 is 0 Å². The molecule has 1 aromatic heterocycles. The molecule has 4 rings (SSSR count). The van der Waals surface area contributed by atoms with Crippen molar-refractivity contribution >= 4 is 12.4 Å². The summed E-state index contributed by atoms with van der Waals surface area (Å²) in [4.78, 5) is 19.4. The van der Waals surface area contributed by atoms with Gasteiger partial charge in [-0.3, -0.25) is 0 Å². The maximum absolute atomic E-state index is 12.3. The number of fused-ring (bicyclic) bond motifs is 2. The van der Waals surface area contributed by atoms with Crippen molar-refractivity contribution in [1.82, 2.24) is 9.97 Å². The first-order chi connectivity index (χ1) is 12.0. The van der Waals surface area contributed by atoms with Gasteiger partial charge in [0.05, 0.1) is 17.4 Å². The predicted octanol–water partition coefficient (Wildman–Crippen LogP) is 2.44. The largest absolute Gasteiger partial charge is 0.454 e. The van der Waals surface area contributed by atoms with Gasteiger partial charge in [0, 0.05) is 6.20 Å². The van der Waals surface area contributed by atoms with Crippen molar-refractivity contribution in [2.24, 2.45) is 11.3 Å². The van der Waals surface area contributed by atoms with E-state index < -0.39 is 11.0 Å². The van der Waals surface area contributed by atoms with Crippen LogP contribution in [0, 0.1) is 11.3 Å². The van der Waals surface area contributed by atoms with Crippen LogP contribution in [-0.4, -0.2) is 28.2 Å². The molecule has 2 heterocycles. The standard InChI is InChI=1S/C19H20N2O4/c1-12(2)19(23,17-8-20-10-21-17)18(9-22)4-3-13-5-15-16(25-11-24-15)6-14(13)7-18/h3-6,8-10,12,23H,7,11H2,1-2H3,(H,20,21). The average Bonchev–Trinajstić information content (AvgIpc) is 3.29. The molecule has 1 aliphatic carbocycles. The highest BCUT2D eigenvalue weighted by Crippen LogP contribution is 2.50. The molecule has 1 aromatic carbocycles. The second kappa shape index (κ2) is 5.46. The monoisotopic (exact) mass is 340 g/mol. The Hall–Kier alpha value is -2.60. The fourth-order valence-corrected chi connectivity index (χ4v) is 3.89. The second-order valence-electron chi connectivity index (χ2n) is 6.95. The molecule has 0 bridgehead atoms. The van der Waals surface area contributed by atoms with Crippen molar-refractivity contribution in [1.29, 1.82) is 0 Å². The Balaban J connectivity index is 1.84. The minimum absolute atomic E-state index is 0.198. The first kappa shape index (κ1) is 15.9. The molecule has 0 saturated heterocycles. The Morgan fingerprint density at radius 3 is 2.76 bits per heavy atom. The third-order valence-corrected chi connectivity index (χ3v) is 5.32. The Labute approximate surface area is 145 Å². The van der Waals surface area contributed by atoms with Gasteiger partial charge in [0.15, 0.2) is 11.5 Å². The minimum Gasteiger partial charge on any atom is -0.454 e. The number of aldehydes is 1. The summed E-state index contributed by atoms with van der Waals surface area (Å²) >= 11 is 0. The molecule has 6 heteroatoms. The van der Waals surface area contributed by atoms with Gasteiger partial charge in [-0.1, -0.05) is 26.0 Å². The maximum atomic E-state index is 12.3. The zero-order valence-electron chi connectivity index (χ0n) is 14.2. The van der Waals surface area contributed by atoms with Gasteiger partial charge < -0.3 is 24.4 Å². The molecule has 2 atom stereocenters. The molecule has 2 aromatic rings. The van der Waals surface area contributed by atoms with E-state index in [0.29, 0.717) is 23.6 Å². The molecule has 0 spiro atoms. The van der Waals surface area contributed by atoms with E-state index >= 15 is 0 Å². The Bertz CT molecular complexity index is 843. The van der Waals surface area contributed by atoms with Crippen LogP contribution in [0.25, 0.3) is 6.08 Å². The van der Waals surface area contributed by atoms with Gasteiger partial charge in [-0.2, -0.15) is 0 Å². The topological polar surface area (TPSA) is 84.4 Å². The van der Waals surface area contributed by atoms with Crippen LogP contribution in [0.5, 0.6) is 11.5 Å². The van der Waals surface area contributed by atoms with Crippen molar-refractivity contribution < 1.29 is 19.4 Å². The quantitative estimate of drug-likeness (QED) is 0.835. The number of aromatic amines is 1. The molecule has 1 aliphatic heterocycles. The average molecular weight is 340 g/mol. The van der Waals surface area contributed by atoms with Gasteiger partial charge in [0.2, 0.25) is 6.79 Å². The highest BCUT2D eigenvalue weighted by molar-refractivity contribution is 5.75. The lowest BCUT2D eigenvalue weighted by atomic mass is 9.61. The van der Waals surface area contributed by atoms with Gasteiger partial charge in [0.1, 0.15) is 11.9 Å². The smallest absolute Gasteiger partial charge is 0.231 e. The number of nitrogens with zero attached hydrogens (tertiary/aromatic N) is 1. The highest BCUT2D eigenvalue weighted by Gasteiger charge is 2.54. The number of imidazole rings is 1. The SMILES string of the molecule is CC(C)C(O)(c1c[nH]cn1)C1(C=O)C=Cc2cc3c(cc2C1)OCO3. The first-order valence-corrected chi connectivity index (χ1v) is 8.30. The maximum Gasteiger partial charge on any atom is 0.231 e. The van der Waals surface area contributed by atoms with Gasteiger partial charge in [-0.25, -0.2) is 4.98 Å². The lowest BCUT2D eigenvalue weighted by Gasteiger charge is -2.45. The number of hydrogen-bond acceptors (Lipinski definition) is 5. The summed E-state index contributed by atoms with van der Waals surface area (Å²) in [6.45, 7) is 3.98. The molecule has 0 saturated carbocycles. The van der Waals surface area contributed by atoms with Crippen LogP contribution in [0.4, 0.5) is 0 Å². The zero-order valence-corrected chi connectivity index (χ0v) is 14.2. The van der Waals surface area contributed by atoms with Crippen molar-refractivity contribution in [2.75, 3.05) is 6.79 Å². The summed E-state index contributed by atoms with van der Waals surface area (Å²) in [7, 11) is 0. The van der Waals surface area contributed by atoms with E-state index in [0.717, 1.165) is 17.4 Å². The van der Waals surface area contributed by atoms with Gasteiger partial charge in [-0.05, 0) is 35.6 Å². The van der Waals surface area contributed by atoms with Crippen molar-refractivity contribution in [3.05, 3.63) is 47.6 Å². The van der Waals surface area contributed by atoms with E-state index in [2.05, 4.69) is 9.97 Å². The van der Waals surface area contributed by atoms with Crippen LogP contribution in [0.15, 0.2) is 30.7 Å². The number of carbonyl (C=O) groups is 1. The third-order valence-electron chi connectivity index (χ3n) is 5.32. The summed E-state index contributed by atoms with van der Waals surface area (Å²) < 4.78 is 10.9. The van der Waals surface area contributed by atoms with Crippen LogP contribution in [0.3, 0.4) is 0 Å². The van der Waals surface area contributed by atoms with Crippen molar-refractivity contribution in [3.63, 3.8) is 0 Å². The van der Waals surface area contributed by atoms with E-state index in [1.54, 1.807) is 12.3 Å². The van der Waals surface area contributed by atoms with Crippen LogP contribution >= 0.6 is 0 Å². The molecule has 0 amide bonds. The number of aromatic nitrogens is 2. The summed E-state index contributed by atoms with van der Waals surface area (Å²) in [6.07, 6.45) is 8.02. The van der Waals surface area contributed by atoms with E-state index in [1.165, 1.54) is 6.33 Å². The number of aliphatic hydroxyl groups is 1. The van der Waals surface area contributed by atoms with Crippen LogP contribution < -0.4 is 9.47 Å². The molecule has 2 aliphatic rings. The number of ether oxygens (including phenoxy) is 2. The van der Waals surface area contributed by atoms with Crippen molar-refractivity contribution in [2.45, 2.75) is 25.9 Å². The lowest BCUT2D eigenvalue weighted by Crippen LogP contribution is -2.52. The van der Waals surface area contributed by atoms with Crippen molar-refractivity contribution in [3.8, 4) is 11.5 Å². The number of H-pyrrole nitrogens is 1.